The Kier molecular flexibility index (Phi) is 5.65. The molecular formula is C17H27N5OS+2. The van der Waals surface area contributed by atoms with Crippen LogP contribution in [-0.2, 0) is 19.8 Å². The van der Waals surface area contributed by atoms with Crippen molar-refractivity contribution in [3.63, 3.8) is 0 Å². The summed E-state index contributed by atoms with van der Waals surface area (Å²) in [5.41, 5.74) is 1.37. The van der Waals surface area contributed by atoms with E-state index < -0.39 is 0 Å². The van der Waals surface area contributed by atoms with Gasteiger partial charge < -0.3 is 19.1 Å². The van der Waals surface area contributed by atoms with Crippen LogP contribution in [0.5, 0.6) is 5.75 Å². The summed E-state index contributed by atoms with van der Waals surface area (Å²) in [6.07, 6.45) is 1.84. The molecule has 1 aromatic heterocycles. The number of hydrogen-bond acceptors (Lipinski definition) is 3. The number of nitrogens with zero attached hydrogens (tertiary/aromatic N) is 3. The average Bonchev–Trinajstić information content (AvgIpc) is 2.97. The first-order valence-corrected chi connectivity index (χ1v) is 9.02. The first kappa shape index (κ1) is 17.1. The molecule has 0 bridgehead atoms. The highest BCUT2D eigenvalue weighted by molar-refractivity contribution is 7.71. The maximum Gasteiger partial charge on any atom is 0.202 e. The zero-order chi connectivity index (χ0) is 16.9. The van der Waals surface area contributed by atoms with Crippen LogP contribution in [0.25, 0.3) is 0 Å². The first-order valence-electron chi connectivity index (χ1n) is 8.62. The van der Waals surface area contributed by atoms with Gasteiger partial charge in [-0.2, -0.15) is 9.78 Å². The Hall–Kier alpha value is -1.70. The van der Waals surface area contributed by atoms with Crippen molar-refractivity contribution in [1.29, 1.82) is 0 Å². The van der Waals surface area contributed by atoms with Crippen molar-refractivity contribution in [1.82, 2.24) is 14.3 Å². The van der Waals surface area contributed by atoms with Gasteiger partial charge in [0.25, 0.3) is 0 Å². The van der Waals surface area contributed by atoms with Crippen molar-refractivity contribution in [2.24, 2.45) is 0 Å². The number of benzene rings is 1. The third-order valence-corrected chi connectivity index (χ3v) is 5.23. The van der Waals surface area contributed by atoms with Gasteiger partial charge in [-0.25, -0.2) is 0 Å². The summed E-state index contributed by atoms with van der Waals surface area (Å²) >= 11 is 5.46. The second-order valence-electron chi connectivity index (χ2n) is 6.38. The fourth-order valence-corrected chi connectivity index (χ4v) is 3.52. The smallest absolute Gasteiger partial charge is 0.202 e. The average molecular weight is 350 g/mol. The first-order chi connectivity index (χ1) is 11.7. The third kappa shape index (κ3) is 4.03. The second-order valence-corrected chi connectivity index (χ2v) is 6.75. The highest BCUT2D eigenvalue weighted by Gasteiger charge is 2.23. The Balaban J connectivity index is 1.50. The lowest BCUT2D eigenvalue weighted by atomic mass is 10.2. The van der Waals surface area contributed by atoms with Crippen LogP contribution in [0, 0.1) is 4.77 Å². The van der Waals surface area contributed by atoms with Gasteiger partial charge in [0.1, 0.15) is 44.8 Å². The molecule has 3 rings (SSSR count). The number of rotatable bonds is 6. The summed E-state index contributed by atoms with van der Waals surface area (Å²) in [6.45, 7) is 9.62. The van der Waals surface area contributed by atoms with Crippen molar-refractivity contribution < 1.29 is 14.5 Å². The van der Waals surface area contributed by atoms with Crippen molar-refractivity contribution in [2.75, 3.05) is 33.3 Å². The Morgan fingerprint density at radius 1 is 1.12 bits per heavy atom. The fraction of sp³-hybridized carbons (Fsp3) is 0.529. The summed E-state index contributed by atoms with van der Waals surface area (Å²) < 4.78 is 10.0. The van der Waals surface area contributed by atoms with Gasteiger partial charge in [0.05, 0.1) is 7.11 Å². The van der Waals surface area contributed by atoms with Gasteiger partial charge in [0.2, 0.25) is 4.77 Å². The Morgan fingerprint density at radius 3 is 2.38 bits per heavy atom. The van der Waals surface area contributed by atoms with Crippen LogP contribution < -0.4 is 14.5 Å². The van der Waals surface area contributed by atoms with E-state index in [9.17, 15) is 0 Å². The van der Waals surface area contributed by atoms with Gasteiger partial charge in [-0.3, -0.25) is 0 Å². The monoisotopic (exact) mass is 349 g/mol. The molecule has 0 radical (unpaired) electrons. The molecule has 0 spiro atoms. The van der Waals surface area contributed by atoms with Crippen LogP contribution in [0.4, 0.5) is 0 Å². The number of piperazine rings is 1. The minimum atomic E-state index is 0.831. The van der Waals surface area contributed by atoms with E-state index in [0.717, 1.165) is 43.4 Å². The lowest BCUT2D eigenvalue weighted by Crippen LogP contribution is -3.27. The summed E-state index contributed by atoms with van der Waals surface area (Å²) in [5, 5.41) is 4.42. The SMILES string of the molecule is CCn1cnn(C[NH+]2CC[NH+](Cc3ccc(OC)cc3)CC2)c1=S. The standard InChI is InChI=1S/C17H25N5OS/c1-3-21-13-18-22(17(21)24)14-20-10-8-19(9-11-20)12-15-4-6-16(23-2)7-5-15/h4-7,13H,3,8-12,14H2,1-2H3/p+2. The van der Waals surface area contributed by atoms with E-state index in [1.807, 2.05) is 27.7 Å². The number of methoxy groups -OCH3 is 1. The molecule has 0 atom stereocenters. The van der Waals surface area contributed by atoms with Crippen molar-refractivity contribution >= 4 is 12.2 Å². The molecule has 1 aromatic carbocycles. The Labute approximate surface area is 148 Å². The van der Waals surface area contributed by atoms with E-state index in [1.54, 1.807) is 16.9 Å². The molecule has 2 N–H and O–H groups in total. The number of aryl methyl sites for hydroxylation is 1. The molecule has 24 heavy (non-hydrogen) atoms. The number of nitrogens with one attached hydrogen (secondary N) is 2. The van der Waals surface area contributed by atoms with E-state index in [2.05, 4.69) is 24.2 Å². The second kappa shape index (κ2) is 7.92. The number of quaternary nitrogens is 2. The molecule has 0 aliphatic carbocycles. The van der Waals surface area contributed by atoms with E-state index in [0.29, 0.717) is 0 Å². The molecule has 0 unspecified atom stereocenters. The van der Waals surface area contributed by atoms with Crippen LogP contribution in [-0.4, -0.2) is 47.6 Å². The van der Waals surface area contributed by atoms with Crippen molar-refractivity contribution in [3.8, 4) is 5.75 Å². The molecule has 0 amide bonds. The quantitative estimate of drug-likeness (QED) is 0.684. The maximum absolute atomic E-state index is 5.46. The zero-order valence-electron chi connectivity index (χ0n) is 14.5. The number of ether oxygens (including phenoxy) is 1. The van der Waals surface area contributed by atoms with Crippen molar-refractivity contribution in [3.05, 3.63) is 40.9 Å². The maximum atomic E-state index is 5.46. The Morgan fingerprint density at radius 2 is 1.79 bits per heavy atom. The van der Waals surface area contributed by atoms with E-state index in [-0.39, 0.29) is 0 Å². The molecule has 1 saturated heterocycles. The predicted octanol–water partition coefficient (Wildman–Crippen LogP) is -0.616. The van der Waals surface area contributed by atoms with E-state index >= 15 is 0 Å². The minimum absolute atomic E-state index is 0.831. The minimum Gasteiger partial charge on any atom is -0.497 e. The third-order valence-electron chi connectivity index (χ3n) is 4.79. The summed E-state index contributed by atoms with van der Waals surface area (Å²) in [4.78, 5) is 3.21. The van der Waals surface area contributed by atoms with Gasteiger partial charge in [-0.05, 0) is 43.4 Å². The summed E-state index contributed by atoms with van der Waals surface area (Å²) in [5.74, 6) is 0.922. The molecule has 1 aliphatic rings. The Bertz CT molecular complexity index is 701. The summed E-state index contributed by atoms with van der Waals surface area (Å²) in [6, 6.07) is 8.42. The lowest BCUT2D eigenvalue weighted by Gasteiger charge is -2.29. The van der Waals surface area contributed by atoms with E-state index in [4.69, 9.17) is 17.0 Å². The molecule has 130 valence electrons. The van der Waals surface area contributed by atoms with Crippen LogP contribution in [0.1, 0.15) is 12.5 Å². The fourth-order valence-electron chi connectivity index (χ4n) is 3.23. The van der Waals surface area contributed by atoms with Gasteiger partial charge in [-0.1, -0.05) is 0 Å². The molecule has 2 aromatic rings. The highest BCUT2D eigenvalue weighted by Crippen LogP contribution is 2.10. The van der Waals surface area contributed by atoms with Crippen LogP contribution in [0.2, 0.25) is 0 Å². The van der Waals surface area contributed by atoms with Gasteiger partial charge in [0, 0.05) is 12.1 Å². The lowest BCUT2D eigenvalue weighted by molar-refractivity contribution is -1.03. The van der Waals surface area contributed by atoms with Crippen molar-refractivity contribution in [2.45, 2.75) is 26.7 Å². The van der Waals surface area contributed by atoms with Crippen LogP contribution in [0.15, 0.2) is 30.6 Å². The van der Waals surface area contributed by atoms with Gasteiger partial charge in [0.15, 0.2) is 6.67 Å². The summed E-state index contributed by atoms with van der Waals surface area (Å²) in [7, 11) is 1.71. The van der Waals surface area contributed by atoms with Crippen LogP contribution >= 0.6 is 12.2 Å². The number of aromatic nitrogens is 3. The zero-order valence-corrected chi connectivity index (χ0v) is 15.3. The molecule has 2 heterocycles. The molecule has 7 heteroatoms. The largest absolute Gasteiger partial charge is 0.497 e. The number of hydrogen-bond donors (Lipinski definition) is 2. The van der Waals surface area contributed by atoms with Gasteiger partial charge in [-0.15, -0.1) is 0 Å². The van der Waals surface area contributed by atoms with Gasteiger partial charge >= 0.3 is 0 Å². The predicted molar refractivity (Wildman–Crippen MR) is 94.8 cm³/mol. The normalized spacial score (nSPS) is 20.9. The van der Waals surface area contributed by atoms with E-state index in [1.165, 1.54) is 18.7 Å². The molecule has 0 saturated carbocycles. The molecular weight excluding hydrogens is 322 g/mol. The van der Waals surface area contributed by atoms with Crippen LogP contribution in [0.3, 0.4) is 0 Å². The topological polar surface area (TPSA) is 40.9 Å². The molecule has 1 aliphatic heterocycles. The highest BCUT2D eigenvalue weighted by atomic mass is 32.1. The molecule has 6 nitrogen and oxygen atoms in total. The molecule has 1 fully saturated rings.